The fraction of sp³-hybridized carbons (Fsp3) is 0.364. The van der Waals surface area contributed by atoms with Crippen LogP contribution in [0.15, 0.2) is 12.5 Å². The van der Waals surface area contributed by atoms with Crippen molar-refractivity contribution in [1.82, 2.24) is 25.5 Å². The molecule has 4 N–H and O–H groups in total. The molecule has 0 radical (unpaired) electrons. The number of hydrogen-bond donors (Lipinski definition) is 4. The molecule has 0 saturated carbocycles. The van der Waals surface area contributed by atoms with E-state index in [1.807, 2.05) is 6.92 Å². The molecule has 2 aromatic rings. The maximum absolute atomic E-state index is 11.8. The molecule has 10 heteroatoms. The Bertz CT molecular complexity index is 611. The minimum Gasteiger partial charge on any atom is -0.480 e. The van der Waals surface area contributed by atoms with E-state index in [-0.39, 0.29) is 6.42 Å². The van der Waals surface area contributed by atoms with Gasteiger partial charge in [0.25, 0.3) is 0 Å². The van der Waals surface area contributed by atoms with Crippen molar-refractivity contribution in [2.45, 2.75) is 25.8 Å². The van der Waals surface area contributed by atoms with Gasteiger partial charge in [-0.1, -0.05) is 18.3 Å². The lowest BCUT2D eigenvalue weighted by Crippen LogP contribution is -2.44. The van der Waals surface area contributed by atoms with E-state index >= 15 is 0 Å². The highest BCUT2D eigenvalue weighted by molar-refractivity contribution is 7.15. The molecule has 1 atom stereocenters. The second-order valence-corrected chi connectivity index (χ2v) is 5.19. The first-order valence-corrected chi connectivity index (χ1v) is 7.00. The van der Waals surface area contributed by atoms with Gasteiger partial charge >= 0.3 is 12.0 Å². The van der Waals surface area contributed by atoms with Gasteiger partial charge < -0.3 is 15.4 Å². The number of aryl methyl sites for hydroxylation is 1. The minimum absolute atomic E-state index is 0.110. The smallest absolute Gasteiger partial charge is 0.326 e. The molecule has 0 saturated heterocycles. The van der Waals surface area contributed by atoms with Crippen LogP contribution in [0.4, 0.5) is 9.93 Å². The average molecular weight is 310 g/mol. The van der Waals surface area contributed by atoms with Gasteiger partial charge in [-0.3, -0.25) is 5.32 Å². The van der Waals surface area contributed by atoms with Crippen molar-refractivity contribution in [2.75, 3.05) is 5.32 Å². The van der Waals surface area contributed by atoms with Gasteiger partial charge in [-0.2, -0.15) is 0 Å². The molecule has 0 fully saturated rings. The number of urea groups is 1. The molecule has 0 aromatic carbocycles. The molecular formula is C11H14N6O3S. The van der Waals surface area contributed by atoms with Crippen LogP contribution in [0.1, 0.15) is 17.6 Å². The lowest BCUT2D eigenvalue weighted by molar-refractivity contribution is -0.139. The summed E-state index contributed by atoms with van der Waals surface area (Å²) in [5, 5.41) is 22.7. The third-order valence-electron chi connectivity index (χ3n) is 2.57. The van der Waals surface area contributed by atoms with Gasteiger partial charge in [0.15, 0.2) is 0 Å². The highest BCUT2D eigenvalue weighted by atomic mass is 32.1. The highest BCUT2D eigenvalue weighted by Gasteiger charge is 2.21. The number of carboxylic acid groups (broad SMARTS) is 1. The number of carboxylic acids is 1. The number of carbonyl (C=O) groups excluding carboxylic acids is 1. The van der Waals surface area contributed by atoms with Gasteiger partial charge in [0.05, 0.1) is 6.33 Å². The Morgan fingerprint density at radius 1 is 1.48 bits per heavy atom. The van der Waals surface area contributed by atoms with Crippen molar-refractivity contribution in [2.24, 2.45) is 0 Å². The van der Waals surface area contributed by atoms with Crippen LogP contribution in [0.25, 0.3) is 0 Å². The van der Waals surface area contributed by atoms with Gasteiger partial charge in [-0.25, -0.2) is 14.6 Å². The zero-order valence-electron chi connectivity index (χ0n) is 11.2. The summed E-state index contributed by atoms with van der Waals surface area (Å²) in [4.78, 5) is 29.5. The first kappa shape index (κ1) is 14.9. The molecule has 0 aliphatic rings. The van der Waals surface area contributed by atoms with Crippen LogP contribution >= 0.6 is 11.3 Å². The molecule has 2 amide bonds. The first-order chi connectivity index (χ1) is 10.1. The van der Waals surface area contributed by atoms with E-state index in [2.05, 4.69) is 30.8 Å². The molecule has 2 aromatic heterocycles. The summed E-state index contributed by atoms with van der Waals surface area (Å²) in [6.07, 6.45) is 3.78. The van der Waals surface area contributed by atoms with Crippen molar-refractivity contribution in [1.29, 1.82) is 0 Å². The molecule has 0 aliphatic carbocycles. The van der Waals surface area contributed by atoms with Crippen molar-refractivity contribution >= 4 is 28.5 Å². The van der Waals surface area contributed by atoms with Crippen molar-refractivity contribution in [3.05, 3.63) is 23.2 Å². The Kier molecular flexibility index (Phi) is 4.82. The zero-order valence-corrected chi connectivity index (χ0v) is 12.0. The molecule has 0 spiro atoms. The average Bonchev–Trinajstić information content (AvgIpc) is 3.09. The van der Waals surface area contributed by atoms with Crippen LogP contribution in [-0.4, -0.2) is 43.3 Å². The normalized spacial score (nSPS) is 11.9. The molecule has 0 aliphatic heterocycles. The number of nitrogens with one attached hydrogen (secondary N) is 3. The van der Waals surface area contributed by atoms with Crippen LogP contribution in [-0.2, 0) is 17.6 Å². The second-order valence-electron chi connectivity index (χ2n) is 4.12. The molecule has 1 unspecified atom stereocenters. The highest BCUT2D eigenvalue weighted by Crippen LogP contribution is 2.15. The Morgan fingerprint density at radius 3 is 2.86 bits per heavy atom. The number of hydrogen-bond acceptors (Lipinski definition) is 6. The summed E-state index contributed by atoms with van der Waals surface area (Å²) >= 11 is 1.24. The van der Waals surface area contributed by atoms with E-state index in [9.17, 15) is 9.59 Å². The third kappa shape index (κ3) is 4.24. The molecule has 21 heavy (non-hydrogen) atoms. The van der Waals surface area contributed by atoms with E-state index in [0.717, 1.165) is 11.4 Å². The number of aromatic amines is 1. The van der Waals surface area contributed by atoms with Crippen LogP contribution < -0.4 is 10.6 Å². The zero-order chi connectivity index (χ0) is 15.2. The summed E-state index contributed by atoms with van der Waals surface area (Å²) in [7, 11) is 0. The van der Waals surface area contributed by atoms with Crippen LogP contribution in [0.2, 0.25) is 0 Å². The van der Waals surface area contributed by atoms with Gasteiger partial charge in [-0.15, -0.1) is 10.2 Å². The number of rotatable bonds is 6. The summed E-state index contributed by atoms with van der Waals surface area (Å²) in [6.45, 7) is 1.93. The number of anilines is 1. The van der Waals surface area contributed by atoms with Crippen LogP contribution in [0, 0.1) is 0 Å². The van der Waals surface area contributed by atoms with E-state index in [1.165, 1.54) is 23.9 Å². The number of nitrogens with zero attached hydrogens (tertiary/aromatic N) is 3. The lowest BCUT2D eigenvalue weighted by atomic mass is 10.2. The number of amides is 2. The summed E-state index contributed by atoms with van der Waals surface area (Å²) in [5.74, 6) is -1.13. The van der Waals surface area contributed by atoms with Crippen molar-refractivity contribution in [3.8, 4) is 0 Å². The Labute approximate surface area is 123 Å². The third-order valence-corrected chi connectivity index (χ3v) is 3.56. The quantitative estimate of drug-likeness (QED) is 0.619. The van der Waals surface area contributed by atoms with E-state index in [4.69, 9.17) is 5.11 Å². The van der Waals surface area contributed by atoms with E-state index < -0.39 is 18.0 Å². The molecule has 9 nitrogen and oxygen atoms in total. The van der Waals surface area contributed by atoms with Gasteiger partial charge in [0, 0.05) is 18.3 Å². The predicted octanol–water partition coefficient (Wildman–Crippen LogP) is 0.641. The summed E-state index contributed by atoms with van der Waals surface area (Å²) in [5.41, 5.74) is 0.617. The Morgan fingerprint density at radius 2 is 2.29 bits per heavy atom. The number of H-pyrrole nitrogens is 1. The van der Waals surface area contributed by atoms with E-state index in [0.29, 0.717) is 10.8 Å². The monoisotopic (exact) mass is 310 g/mol. The number of aliphatic carboxylic acids is 1. The number of imidazole rings is 1. The molecule has 0 bridgehead atoms. The predicted molar refractivity (Wildman–Crippen MR) is 75.2 cm³/mol. The Balaban J connectivity index is 1.93. The van der Waals surface area contributed by atoms with E-state index in [1.54, 1.807) is 0 Å². The fourth-order valence-electron chi connectivity index (χ4n) is 1.55. The summed E-state index contributed by atoms with van der Waals surface area (Å²) < 4.78 is 0. The Hall–Kier alpha value is -2.49. The van der Waals surface area contributed by atoms with Gasteiger partial charge in [0.2, 0.25) is 5.13 Å². The lowest BCUT2D eigenvalue weighted by Gasteiger charge is -2.13. The second kappa shape index (κ2) is 6.79. The minimum atomic E-state index is -1.13. The van der Waals surface area contributed by atoms with Gasteiger partial charge in [0.1, 0.15) is 11.0 Å². The first-order valence-electron chi connectivity index (χ1n) is 6.18. The standard InChI is InChI=1S/C11H14N6O3S/c1-2-8-16-17-11(21-8)15-10(20)14-7(9(18)19)3-6-4-12-5-13-6/h4-5,7H,2-3H2,1H3,(H,12,13)(H,18,19)(H2,14,15,17,20). The summed E-state index contributed by atoms with van der Waals surface area (Å²) in [6, 6.07) is -1.70. The molecule has 112 valence electrons. The van der Waals surface area contributed by atoms with Gasteiger partial charge in [-0.05, 0) is 6.42 Å². The van der Waals surface area contributed by atoms with Crippen LogP contribution in [0.5, 0.6) is 0 Å². The van der Waals surface area contributed by atoms with Crippen molar-refractivity contribution in [3.63, 3.8) is 0 Å². The molecule has 2 heterocycles. The maximum Gasteiger partial charge on any atom is 0.326 e. The number of aromatic nitrogens is 4. The topological polar surface area (TPSA) is 133 Å². The molecular weight excluding hydrogens is 296 g/mol. The number of carbonyl (C=O) groups is 2. The largest absolute Gasteiger partial charge is 0.480 e. The van der Waals surface area contributed by atoms with Crippen molar-refractivity contribution < 1.29 is 14.7 Å². The fourth-order valence-corrected chi connectivity index (χ4v) is 2.23. The SMILES string of the molecule is CCc1nnc(NC(=O)NC(Cc2cnc[nH]2)C(=O)O)s1. The van der Waals surface area contributed by atoms with Crippen LogP contribution in [0.3, 0.4) is 0 Å². The maximum atomic E-state index is 11.8. The molecule has 2 rings (SSSR count).